The van der Waals surface area contributed by atoms with Crippen LogP contribution in [0.2, 0.25) is 5.02 Å². The van der Waals surface area contributed by atoms with Crippen molar-refractivity contribution in [3.63, 3.8) is 0 Å². The second-order valence-electron chi connectivity index (χ2n) is 7.83. The lowest BCUT2D eigenvalue weighted by Gasteiger charge is -2.12. The molecule has 0 spiro atoms. The molecule has 1 aliphatic heterocycles. The summed E-state index contributed by atoms with van der Waals surface area (Å²) in [5.74, 6) is -0.272. The fourth-order valence-corrected chi connectivity index (χ4v) is 4.83. The van der Waals surface area contributed by atoms with Gasteiger partial charge in [-0.15, -0.1) is 0 Å². The number of amides is 2. The Kier molecular flexibility index (Phi) is 5.82. The van der Waals surface area contributed by atoms with E-state index < -0.39 is 0 Å². The number of aromatic nitrogens is 1. The molecule has 3 aromatic rings. The summed E-state index contributed by atoms with van der Waals surface area (Å²) in [7, 11) is 0. The highest BCUT2D eigenvalue weighted by molar-refractivity contribution is 8.18. The maximum Gasteiger partial charge on any atom is 0.293 e. The largest absolute Gasteiger partial charge is 0.318 e. The van der Waals surface area contributed by atoms with Gasteiger partial charge in [-0.2, -0.15) is 0 Å². The van der Waals surface area contributed by atoms with Crippen molar-refractivity contribution in [1.29, 1.82) is 0 Å². The van der Waals surface area contributed by atoms with Crippen molar-refractivity contribution < 1.29 is 9.59 Å². The van der Waals surface area contributed by atoms with Crippen molar-refractivity contribution in [2.24, 2.45) is 0 Å². The molecule has 0 aliphatic carbocycles. The molecule has 2 heterocycles. The standard InChI is InChI=1S/C25H23ClN2O2S/c1-15-8-9-22(10-16(15)2)28-17(3)11-20(18(28)4)13-23-24(29)27(25(30)31-23)14-19-6-5-7-21(26)12-19/h5-13H,14H2,1-4H3/b23-13-. The van der Waals surface area contributed by atoms with Crippen LogP contribution < -0.4 is 0 Å². The number of halogens is 1. The van der Waals surface area contributed by atoms with Crippen LogP contribution in [0.4, 0.5) is 4.79 Å². The maximum absolute atomic E-state index is 12.9. The summed E-state index contributed by atoms with van der Waals surface area (Å²) in [5, 5.41) is 0.318. The van der Waals surface area contributed by atoms with E-state index in [9.17, 15) is 9.59 Å². The first kappa shape index (κ1) is 21.5. The Balaban J connectivity index is 1.64. The Morgan fingerprint density at radius 1 is 0.968 bits per heavy atom. The highest BCUT2D eigenvalue weighted by Gasteiger charge is 2.35. The molecular weight excluding hydrogens is 428 g/mol. The van der Waals surface area contributed by atoms with E-state index in [0.29, 0.717) is 9.93 Å². The van der Waals surface area contributed by atoms with Crippen LogP contribution in [0.15, 0.2) is 53.4 Å². The third-order valence-corrected chi connectivity index (χ3v) is 6.75. The van der Waals surface area contributed by atoms with Gasteiger partial charge in [0, 0.05) is 22.1 Å². The summed E-state index contributed by atoms with van der Waals surface area (Å²) in [4.78, 5) is 27.2. The van der Waals surface area contributed by atoms with Gasteiger partial charge >= 0.3 is 0 Å². The fraction of sp³-hybridized carbons (Fsp3) is 0.200. The van der Waals surface area contributed by atoms with E-state index in [-0.39, 0.29) is 17.7 Å². The van der Waals surface area contributed by atoms with Crippen molar-refractivity contribution in [3.05, 3.63) is 92.1 Å². The summed E-state index contributed by atoms with van der Waals surface area (Å²) >= 11 is 7.02. The number of nitrogens with zero attached hydrogens (tertiary/aromatic N) is 2. The zero-order valence-corrected chi connectivity index (χ0v) is 19.5. The second kappa shape index (κ2) is 8.40. The van der Waals surface area contributed by atoms with Gasteiger partial charge in [0.05, 0.1) is 11.4 Å². The van der Waals surface area contributed by atoms with Crippen LogP contribution in [-0.2, 0) is 11.3 Å². The normalized spacial score (nSPS) is 15.4. The number of carbonyl (C=O) groups is 2. The zero-order chi connectivity index (χ0) is 22.3. The van der Waals surface area contributed by atoms with Crippen LogP contribution >= 0.6 is 23.4 Å². The van der Waals surface area contributed by atoms with Gasteiger partial charge in [-0.05, 0) is 98.1 Å². The summed E-state index contributed by atoms with van der Waals surface area (Å²) in [6.45, 7) is 8.49. The van der Waals surface area contributed by atoms with E-state index in [0.717, 1.165) is 40.0 Å². The molecule has 1 saturated heterocycles. The van der Waals surface area contributed by atoms with Gasteiger partial charge in [-0.1, -0.05) is 29.8 Å². The average molecular weight is 451 g/mol. The van der Waals surface area contributed by atoms with Gasteiger partial charge < -0.3 is 4.57 Å². The molecular formula is C25H23ClN2O2S. The molecule has 0 atom stereocenters. The molecule has 2 aromatic carbocycles. The van der Waals surface area contributed by atoms with E-state index in [2.05, 4.69) is 42.7 Å². The van der Waals surface area contributed by atoms with Gasteiger partial charge in [-0.3, -0.25) is 14.5 Å². The minimum atomic E-state index is -0.272. The summed E-state index contributed by atoms with van der Waals surface area (Å²) in [5.41, 5.74) is 7.43. The van der Waals surface area contributed by atoms with Crippen molar-refractivity contribution >= 4 is 40.6 Å². The van der Waals surface area contributed by atoms with Crippen LogP contribution in [-0.4, -0.2) is 20.6 Å². The van der Waals surface area contributed by atoms with Gasteiger partial charge in [0.15, 0.2) is 0 Å². The van der Waals surface area contributed by atoms with Crippen LogP contribution in [0, 0.1) is 27.7 Å². The first-order valence-electron chi connectivity index (χ1n) is 10.0. The lowest BCUT2D eigenvalue weighted by Crippen LogP contribution is -2.27. The highest BCUT2D eigenvalue weighted by Crippen LogP contribution is 2.35. The summed E-state index contributed by atoms with van der Waals surface area (Å²) in [6, 6.07) is 15.6. The molecule has 6 heteroatoms. The van der Waals surface area contributed by atoms with Crippen LogP contribution in [0.5, 0.6) is 0 Å². The Morgan fingerprint density at radius 3 is 2.45 bits per heavy atom. The van der Waals surface area contributed by atoms with Gasteiger partial charge in [0.1, 0.15) is 0 Å². The highest BCUT2D eigenvalue weighted by atomic mass is 35.5. The number of imide groups is 1. The molecule has 0 unspecified atom stereocenters. The molecule has 2 amide bonds. The molecule has 0 saturated carbocycles. The smallest absolute Gasteiger partial charge is 0.293 e. The Morgan fingerprint density at radius 2 is 1.74 bits per heavy atom. The van der Waals surface area contributed by atoms with Crippen molar-refractivity contribution in [2.45, 2.75) is 34.2 Å². The molecule has 1 fully saturated rings. The van der Waals surface area contributed by atoms with E-state index >= 15 is 0 Å². The maximum atomic E-state index is 12.9. The Labute approximate surface area is 191 Å². The molecule has 0 bridgehead atoms. The monoisotopic (exact) mass is 450 g/mol. The number of rotatable bonds is 4. The summed E-state index contributed by atoms with van der Waals surface area (Å²) in [6.07, 6.45) is 1.82. The van der Waals surface area contributed by atoms with Gasteiger partial charge in [0.25, 0.3) is 11.1 Å². The molecule has 1 aliphatic rings. The average Bonchev–Trinajstić information content (AvgIpc) is 3.14. The topological polar surface area (TPSA) is 42.3 Å². The lowest BCUT2D eigenvalue weighted by molar-refractivity contribution is -0.123. The van der Waals surface area contributed by atoms with Crippen LogP contribution in [0.3, 0.4) is 0 Å². The fourth-order valence-electron chi connectivity index (χ4n) is 3.79. The molecule has 1 aromatic heterocycles. The van der Waals surface area contributed by atoms with E-state index in [4.69, 9.17) is 11.6 Å². The van der Waals surface area contributed by atoms with Gasteiger partial charge in [-0.25, -0.2) is 0 Å². The van der Waals surface area contributed by atoms with E-state index in [1.807, 2.05) is 32.1 Å². The SMILES string of the molecule is Cc1ccc(-n2c(C)cc(/C=C3\SC(=O)N(Cc4cccc(Cl)c4)C3=O)c2C)cc1C. The predicted molar refractivity (Wildman–Crippen MR) is 128 cm³/mol. The molecule has 0 radical (unpaired) electrons. The number of benzene rings is 2. The molecule has 0 N–H and O–H groups in total. The molecule has 4 rings (SSSR count). The predicted octanol–water partition coefficient (Wildman–Crippen LogP) is 6.60. The number of hydrogen-bond acceptors (Lipinski definition) is 3. The first-order chi connectivity index (χ1) is 14.7. The Hall–Kier alpha value is -2.76. The first-order valence-corrected chi connectivity index (χ1v) is 11.2. The number of hydrogen-bond donors (Lipinski definition) is 0. The second-order valence-corrected chi connectivity index (χ2v) is 9.26. The van der Waals surface area contributed by atoms with E-state index in [1.54, 1.807) is 12.1 Å². The zero-order valence-electron chi connectivity index (χ0n) is 17.9. The quantitative estimate of drug-likeness (QED) is 0.420. The minimum absolute atomic E-state index is 0.213. The van der Waals surface area contributed by atoms with Crippen molar-refractivity contribution in [3.8, 4) is 5.69 Å². The van der Waals surface area contributed by atoms with Crippen LogP contribution in [0.1, 0.15) is 33.6 Å². The van der Waals surface area contributed by atoms with Crippen molar-refractivity contribution in [2.75, 3.05) is 0 Å². The molecule has 31 heavy (non-hydrogen) atoms. The third-order valence-electron chi connectivity index (χ3n) is 5.61. The Bertz CT molecular complexity index is 1240. The number of aryl methyl sites for hydroxylation is 3. The molecule has 158 valence electrons. The lowest BCUT2D eigenvalue weighted by atomic mass is 10.1. The number of thioether (sulfide) groups is 1. The van der Waals surface area contributed by atoms with Crippen LogP contribution in [0.25, 0.3) is 11.8 Å². The minimum Gasteiger partial charge on any atom is -0.318 e. The van der Waals surface area contributed by atoms with Crippen molar-refractivity contribution in [1.82, 2.24) is 9.47 Å². The van der Waals surface area contributed by atoms with E-state index in [1.165, 1.54) is 16.0 Å². The number of carbonyl (C=O) groups excluding carboxylic acids is 2. The third kappa shape index (κ3) is 4.21. The van der Waals surface area contributed by atoms with Gasteiger partial charge in [0.2, 0.25) is 0 Å². The molecule has 4 nitrogen and oxygen atoms in total. The summed E-state index contributed by atoms with van der Waals surface area (Å²) < 4.78 is 2.18.